The number of hydrogen-bond acceptors (Lipinski definition) is 7. The molecule has 0 bridgehead atoms. The molecule has 0 radical (unpaired) electrons. The van der Waals surface area contributed by atoms with Crippen molar-refractivity contribution < 1.29 is 54.7 Å². The molecule has 3 aromatic rings. The molecule has 1 aromatic heterocycles. The molecule has 38 heavy (non-hydrogen) atoms. The summed E-state index contributed by atoms with van der Waals surface area (Å²) in [6.45, 7) is 0. The summed E-state index contributed by atoms with van der Waals surface area (Å²) >= 11 is 6.35. The van der Waals surface area contributed by atoms with Gasteiger partial charge in [0.15, 0.2) is 0 Å². The summed E-state index contributed by atoms with van der Waals surface area (Å²) in [6.07, 6.45) is 7.38. The number of hydrogen-bond donors (Lipinski definition) is 2. The molecule has 1 aliphatic heterocycles. The van der Waals surface area contributed by atoms with Gasteiger partial charge in [-0.15, -0.1) is 0 Å². The van der Waals surface area contributed by atoms with Crippen molar-refractivity contribution in [3.63, 3.8) is 0 Å². The number of carboxylic acids is 1. The predicted octanol–water partition coefficient (Wildman–Crippen LogP) is 2.75. The van der Waals surface area contributed by atoms with Crippen molar-refractivity contribution in [2.24, 2.45) is 4.99 Å². The number of carbonyl (C=O) groups is 1. The van der Waals surface area contributed by atoms with Crippen LogP contribution in [-0.2, 0) is 6.42 Å². The third kappa shape index (κ3) is 5.23. The maximum Gasteiger partial charge on any atom is 1.00 e. The van der Waals surface area contributed by atoms with Gasteiger partial charge in [0.1, 0.15) is 28.1 Å². The molecule has 0 spiro atoms. The number of fused-ring (bicyclic) bond motifs is 3. The second kappa shape index (κ2) is 11.5. The number of aromatic nitrogens is 2. The number of aromatic carboxylic acids is 1. The van der Waals surface area contributed by atoms with Gasteiger partial charge in [-0.25, -0.2) is 24.1 Å². The average Bonchev–Trinajstić information content (AvgIpc) is 3.06. The SMILES string of the molecule is COc1cc(Nc2ncc3c(n2)C2=CN=C(Cl)C=C(c4c(F)cccc4OC)C2=CC3)ccc1C(=O)O.[H-].[Na+]. The molecule has 1 aliphatic carbocycles. The smallest absolute Gasteiger partial charge is 1.00 e. The molecule has 0 saturated heterocycles. The number of ether oxygens (including phenoxy) is 2. The van der Waals surface area contributed by atoms with E-state index in [9.17, 15) is 9.90 Å². The van der Waals surface area contributed by atoms with Crippen LogP contribution in [0.5, 0.6) is 11.5 Å². The second-order valence-electron chi connectivity index (χ2n) is 8.10. The summed E-state index contributed by atoms with van der Waals surface area (Å²) in [5.41, 5.74) is 4.22. The van der Waals surface area contributed by atoms with E-state index < -0.39 is 11.8 Å². The fourth-order valence-corrected chi connectivity index (χ4v) is 4.42. The monoisotopic (exact) mass is 542 g/mol. The van der Waals surface area contributed by atoms with E-state index in [1.165, 1.54) is 26.4 Å². The number of anilines is 2. The van der Waals surface area contributed by atoms with Gasteiger partial charge >= 0.3 is 35.5 Å². The van der Waals surface area contributed by atoms with Crippen LogP contribution in [0.4, 0.5) is 16.0 Å². The second-order valence-corrected chi connectivity index (χ2v) is 8.49. The molecular weight excluding hydrogens is 522 g/mol. The van der Waals surface area contributed by atoms with Gasteiger partial charge in [0, 0.05) is 35.3 Å². The van der Waals surface area contributed by atoms with Crippen molar-refractivity contribution in [1.29, 1.82) is 0 Å². The van der Waals surface area contributed by atoms with Gasteiger partial charge in [0.2, 0.25) is 5.95 Å². The summed E-state index contributed by atoms with van der Waals surface area (Å²) in [7, 11) is 2.88. The maximum atomic E-state index is 15.0. The first-order valence-corrected chi connectivity index (χ1v) is 11.5. The molecule has 5 rings (SSSR count). The van der Waals surface area contributed by atoms with E-state index in [1.807, 2.05) is 6.08 Å². The van der Waals surface area contributed by atoms with E-state index in [4.69, 9.17) is 26.1 Å². The largest absolute Gasteiger partial charge is 1.00 e. The zero-order chi connectivity index (χ0) is 26.1. The molecule has 0 amide bonds. The van der Waals surface area contributed by atoms with E-state index in [1.54, 1.807) is 42.7 Å². The van der Waals surface area contributed by atoms with Gasteiger partial charge in [-0.3, -0.25) is 0 Å². The van der Waals surface area contributed by atoms with Gasteiger partial charge < -0.3 is 21.3 Å². The first-order valence-electron chi connectivity index (χ1n) is 11.1. The number of methoxy groups -OCH3 is 2. The number of carboxylic acid groups (broad SMARTS) is 1. The molecule has 0 saturated carbocycles. The first kappa shape index (κ1) is 27.5. The Balaban J connectivity index is 0.00000210. The minimum Gasteiger partial charge on any atom is -1.00 e. The summed E-state index contributed by atoms with van der Waals surface area (Å²) in [4.78, 5) is 24.8. The molecule has 2 N–H and O–H groups in total. The number of nitrogens with one attached hydrogen (secondary N) is 1. The van der Waals surface area contributed by atoms with Crippen LogP contribution in [0, 0.1) is 5.82 Å². The molecule has 2 aromatic carbocycles. The minimum absolute atomic E-state index is 0. The number of benzene rings is 2. The average molecular weight is 543 g/mol. The maximum absolute atomic E-state index is 15.0. The van der Waals surface area contributed by atoms with Crippen molar-refractivity contribution in [3.05, 3.63) is 94.7 Å². The standard InChI is InChI=1S/C27H20ClFN4O4.Na.H/c1-36-21-5-3-4-20(29)24(21)18-11-23(28)30-13-19-16(18)8-6-14-12-31-27(33-25(14)19)32-15-7-9-17(26(34)35)22(10-15)37-2;;/h3-5,7-13H,6H2,1-2H3,(H,34,35)(H,31,32,33);;/q;+1;-1. The number of rotatable bonds is 6. The van der Waals surface area contributed by atoms with Gasteiger partial charge in [-0.1, -0.05) is 23.7 Å². The van der Waals surface area contributed by atoms with Crippen LogP contribution in [0.15, 0.2) is 71.5 Å². The Kier molecular flexibility index (Phi) is 8.32. The van der Waals surface area contributed by atoms with E-state index >= 15 is 4.39 Å². The molecule has 0 fully saturated rings. The fourth-order valence-electron chi connectivity index (χ4n) is 4.26. The molecule has 0 atom stereocenters. The topological polar surface area (TPSA) is 106 Å². The van der Waals surface area contributed by atoms with Crippen molar-refractivity contribution >= 4 is 45.5 Å². The van der Waals surface area contributed by atoms with Crippen LogP contribution >= 0.6 is 11.6 Å². The summed E-state index contributed by atoms with van der Waals surface area (Å²) < 4.78 is 25.7. The van der Waals surface area contributed by atoms with Crippen LogP contribution in [0.1, 0.15) is 28.6 Å². The van der Waals surface area contributed by atoms with Crippen molar-refractivity contribution in [2.45, 2.75) is 6.42 Å². The minimum atomic E-state index is -1.09. The zero-order valence-electron chi connectivity index (χ0n) is 21.8. The molecule has 11 heteroatoms. The number of nitrogens with zero attached hydrogens (tertiary/aromatic N) is 3. The molecule has 188 valence electrons. The molecule has 2 aliphatic rings. The van der Waals surface area contributed by atoms with E-state index in [2.05, 4.69) is 15.3 Å². The summed E-state index contributed by atoms with van der Waals surface area (Å²) in [5.74, 6) is -0.703. The van der Waals surface area contributed by atoms with Crippen LogP contribution in [-0.4, -0.2) is 40.4 Å². The van der Waals surface area contributed by atoms with Crippen molar-refractivity contribution in [3.8, 4) is 11.5 Å². The third-order valence-corrected chi connectivity index (χ3v) is 6.17. The van der Waals surface area contributed by atoms with Crippen LogP contribution in [0.3, 0.4) is 0 Å². The van der Waals surface area contributed by atoms with Gasteiger partial charge in [0.05, 0.1) is 25.5 Å². The van der Waals surface area contributed by atoms with Crippen LogP contribution in [0.25, 0.3) is 11.1 Å². The normalized spacial score (nSPS) is 13.8. The Bertz CT molecular complexity index is 1580. The molecule has 8 nitrogen and oxygen atoms in total. The molecule has 0 unspecified atom stereocenters. The van der Waals surface area contributed by atoms with Gasteiger partial charge in [0.25, 0.3) is 0 Å². The number of aliphatic imine (C=N–C) groups is 1. The molecular formula is C27H21ClFN4NaO4. The van der Waals surface area contributed by atoms with Crippen LogP contribution in [0.2, 0.25) is 0 Å². The Hall–Kier alpha value is -3.50. The van der Waals surface area contributed by atoms with Gasteiger partial charge in [-0.05, 0) is 47.9 Å². The number of allylic oxidation sites excluding steroid dienone is 5. The Labute approximate surface area is 246 Å². The van der Waals surface area contributed by atoms with Crippen LogP contribution < -0.4 is 44.3 Å². The summed E-state index contributed by atoms with van der Waals surface area (Å²) in [6, 6.07) is 9.22. The van der Waals surface area contributed by atoms with E-state index in [0.29, 0.717) is 40.3 Å². The van der Waals surface area contributed by atoms with Crippen molar-refractivity contribution in [1.82, 2.24) is 9.97 Å². The fraction of sp³-hybridized carbons (Fsp3) is 0.111. The van der Waals surface area contributed by atoms with E-state index in [-0.39, 0.29) is 59.0 Å². The van der Waals surface area contributed by atoms with E-state index in [0.717, 1.165) is 5.56 Å². The Morgan fingerprint density at radius 3 is 2.66 bits per heavy atom. The molecule has 2 heterocycles. The first-order chi connectivity index (χ1) is 17.9. The van der Waals surface area contributed by atoms with Crippen molar-refractivity contribution in [2.75, 3.05) is 19.5 Å². The quantitative estimate of drug-likeness (QED) is 0.461. The predicted molar refractivity (Wildman–Crippen MR) is 140 cm³/mol. The number of halogens is 2. The zero-order valence-corrected chi connectivity index (χ0v) is 23.5. The summed E-state index contributed by atoms with van der Waals surface area (Å²) in [5, 5.41) is 12.6. The Morgan fingerprint density at radius 2 is 1.92 bits per heavy atom. The van der Waals surface area contributed by atoms with Gasteiger partial charge in [-0.2, -0.15) is 0 Å². The Morgan fingerprint density at radius 1 is 1.13 bits per heavy atom. The third-order valence-electron chi connectivity index (χ3n) is 5.96.